The molecule has 1 aromatic carbocycles. The molecule has 1 atom stereocenters. The average Bonchev–Trinajstić information content (AvgIpc) is 2.51. The number of rotatable bonds is 6. The van der Waals surface area contributed by atoms with Crippen LogP contribution in [0.5, 0.6) is 5.75 Å². The Hall–Kier alpha value is -1.35. The fourth-order valence-electron chi connectivity index (χ4n) is 1.69. The fraction of sp³-hybridized carbons (Fsp3) is 0.462. The lowest BCUT2D eigenvalue weighted by Gasteiger charge is -2.24. The van der Waals surface area contributed by atoms with Gasteiger partial charge in [0, 0.05) is 25.2 Å². The number of halogens is 1. The normalized spacial score (nSPS) is 12.2. The van der Waals surface area contributed by atoms with Gasteiger partial charge in [-0.05, 0) is 32.2 Å². The first-order valence-electron chi connectivity index (χ1n) is 6.37. The van der Waals surface area contributed by atoms with Gasteiger partial charge < -0.3 is 15.4 Å². The summed E-state index contributed by atoms with van der Waals surface area (Å²) >= 11 is 0. The Morgan fingerprint density at radius 3 is 2.50 bits per heavy atom. The quantitative estimate of drug-likeness (QED) is 0.774. The summed E-state index contributed by atoms with van der Waals surface area (Å²) in [6.45, 7) is 2.13. The second kappa shape index (κ2) is 8.33. The van der Waals surface area contributed by atoms with Crippen molar-refractivity contribution in [3.8, 4) is 5.75 Å². The molecule has 0 saturated carbocycles. The minimum absolute atomic E-state index is 0. The molecule has 0 spiro atoms. The Balaban J connectivity index is 0.00000441. The third kappa shape index (κ3) is 4.33. The number of carbonyl (C=O) groups is 1. The van der Waals surface area contributed by atoms with Crippen LogP contribution in [0.1, 0.15) is 17.3 Å². The van der Waals surface area contributed by atoms with Crippen LogP contribution in [0, 0.1) is 0 Å². The van der Waals surface area contributed by atoms with Gasteiger partial charge >= 0.3 is 0 Å². The molecule has 0 radical (unpaired) electrons. The van der Waals surface area contributed by atoms with Gasteiger partial charge in [-0.1, -0.05) is 0 Å². The van der Waals surface area contributed by atoms with Crippen molar-refractivity contribution in [3.63, 3.8) is 0 Å². The molecule has 0 aromatic heterocycles. The summed E-state index contributed by atoms with van der Waals surface area (Å²) in [5, 5.41) is 0. The van der Waals surface area contributed by atoms with E-state index in [0.29, 0.717) is 6.54 Å². The lowest BCUT2D eigenvalue weighted by molar-refractivity contribution is 0.0748. The number of methoxy groups -OCH3 is 1. The Bertz CT molecular complexity index is 622. The summed E-state index contributed by atoms with van der Waals surface area (Å²) in [5.74, 6) is -0.126. The number of hydrogen-bond acceptors (Lipinski definition) is 5. The highest BCUT2D eigenvalue weighted by Crippen LogP contribution is 2.25. The van der Waals surface area contributed by atoms with Crippen LogP contribution in [0.15, 0.2) is 23.1 Å². The minimum atomic E-state index is -3.72. The maximum Gasteiger partial charge on any atom is 0.253 e. The predicted molar refractivity (Wildman–Crippen MR) is 87.1 cm³/mol. The van der Waals surface area contributed by atoms with E-state index in [0.717, 1.165) is 0 Å². The van der Waals surface area contributed by atoms with Crippen molar-refractivity contribution in [2.45, 2.75) is 17.9 Å². The number of nitrogens with two attached hydrogens (primary N) is 1. The summed E-state index contributed by atoms with van der Waals surface area (Å²) in [6.07, 6.45) is 0. The van der Waals surface area contributed by atoms with Crippen molar-refractivity contribution in [3.05, 3.63) is 23.8 Å². The SMILES string of the molecule is CNS(=O)(=O)c1cc(C(=O)N(C)C(C)CN)ccc1OC.Cl. The largest absolute Gasteiger partial charge is 0.495 e. The highest BCUT2D eigenvalue weighted by atomic mass is 35.5. The molecule has 7 nitrogen and oxygen atoms in total. The summed E-state index contributed by atoms with van der Waals surface area (Å²) in [4.78, 5) is 13.7. The molecule has 22 heavy (non-hydrogen) atoms. The Morgan fingerprint density at radius 2 is 2.05 bits per heavy atom. The molecular weight excluding hydrogens is 330 g/mol. The summed E-state index contributed by atoms with van der Waals surface area (Å²) in [6, 6.07) is 4.13. The van der Waals surface area contributed by atoms with Crippen LogP contribution >= 0.6 is 12.4 Å². The van der Waals surface area contributed by atoms with E-state index in [1.165, 1.54) is 37.3 Å². The van der Waals surface area contributed by atoms with E-state index >= 15 is 0 Å². The van der Waals surface area contributed by atoms with Crippen molar-refractivity contribution < 1.29 is 17.9 Å². The molecular formula is C13H22ClN3O4S. The molecule has 126 valence electrons. The van der Waals surface area contributed by atoms with Gasteiger partial charge in [-0.15, -0.1) is 12.4 Å². The lowest BCUT2D eigenvalue weighted by Crippen LogP contribution is -2.39. The maximum atomic E-state index is 12.3. The number of likely N-dealkylation sites (N-methyl/N-ethyl adjacent to an activating group) is 1. The number of amides is 1. The highest BCUT2D eigenvalue weighted by Gasteiger charge is 2.22. The van der Waals surface area contributed by atoms with E-state index in [4.69, 9.17) is 10.5 Å². The molecule has 1 aromatic rings. The number of sulfonamides is 1. The van der Waals surface area contributed by atoms with Crippen molar-refractivity contribution in [2.24, 2.45) is 5.73 Å². The van der Waals surface area contributed by atoms with Crippen molar-refractivity contribution in [1.29, 1.82) is 0 Å². The molecule has 0 heterocycles. The second-order valence-corrected chi connectivity index (χ2v) is 6.43. The van der Waals surface area contributed by atoms with Gasteiger partial charge in [0.25, 0.3) is 5.91 Å². The molecule has 0 saturated heterocycles. The van der Waals surface area contributed by atoms with E-state index in [1.54, 1.807) is 7.05 Å². The van der Waals surface area contributed by atoms with Crippen LogP contribution in [0.4, 0.5) is 0 Å². The Morgan fingerprint density at radius 1 is 1.45 bits per heavy atom. The topological polar surface area (TPSA) is 102 Å². The molecule has 9 heteroatoms. The van der Waals surface area contributed by atoms with Gasteiger partial charge in [0.05, 0.1) is 7.11 Å². The monoisotopic (exact) mass is 351 g/mol. The van der Waals surface area contributed by atoms with Gasteiger partial charge in [0.15, 0.2) is 0 Å². The molecule has 0 aliphatic carbocycles. The lowest BCUT2D eigenvalue weighted by atomic mass is 10.1. The highest BCUT2D eigenvalue weighted by molar-refractivity contribution is 7.89. The van der Waals surface area contributed by atoms with Crippen LogP contribution in [0.2, 0.25) is 0 Å². The zero-order chi connectivity index (χ0) is 16.2. The molecule has 1 unspecified atom stereocenters. The first-order chi connectivity index (χ1) is 9.78. The van der Waals surface area contributed by atoms with Crippen molar-refractivity contribution in [1.82, 2.24) is 9.62 Å². The van der Waals surface area contributed by atoms with Crippen molar-refractivity contribution in [2.75, 3.05) is 27.7 Å². The van der Waals surface area contributed by atoms with E-state index in [-0.39, 0.29) is 40.6 Å². The van der Waals surface area contributed by atoms with Crippen LogP contribution in [-0.2, 0) is 10.0 Å². The number of ether oxygens (including phenoxy) is 1. The number of hydrogen-bond donors (Lipinski definition) is 2. The van der Waals surface area contributed by atoms with E-state index in [9.17, 15) is 13.2 Å². The summed E-state index contributed by atoms with van der Waals surface area (Å²) in [7, 11) is 0.569. The maximum absolute atomic E-state index is 12.3. The smallest absolute Gasteiger partial charge is 0.253 e. The number of benzene rings is 1. The first kappa shape index (κ1) is 20.6. The third-order valence-electron chi connectivity index (χ3n) is 3.29. The molecule has 0 bridgehead atoms. The minimum Gasteiger partial charge on any atom is -0.495 e. The van der Waals surface area contributed by atoms with Gasteiger partial charge in [0.2, 0.25) is 10.0 Å². The van der Waals surface area contributed by atoms with Gasteiger partial charge in [-0.2, -0.15) is 0 Å². The van der Waals surface area contributed by atoms with Crippen LogP contribution in [0.3, 0.4) is 0 Å². The van der Waals surface area contributed by atoms with Crippen LogP contribution < -0.4 is 15.2 Å². The fourth-order valence-corrected chi connectivity index (χ4v) is 2.61. The Labute approximate surface area is 137 Å². The van der Waals surface area contributed by atoms with E-state index < -0.39 is 10.0 Å². The number of nitrogens with one attached hydrogen (secondary N) is 1. The second-order valence-electron chi connectivity index (χ2n) is 4.57. The summed E-state index contributed by atoms with van der Waals surface area (Å²) in [5.41, 5.74) is 5.79. The Kier molecular flexibility index (Phi) is 7.82. The molecule has 0 aliphatic rings. The molecule has 1 rings (SSSR count). The molecule has 0 fully saturated rings. The van der Waals surface area contributed by atoms with Gasteiger partial charge in [-0.3, -0.25) is 4.79 Å². The molecule has 1 amide bonds. The molecule has 3 N–H and O–H groups in total. The number of nitrogens with zero attached hydrogens (tertiary/aromatic N) is 1. The standard InChI is InChI=1S/C13H21N3O4S.ClH/c1-9(8-14)16(3)13(17)10-5-6-11(20-4)12(7-10)21(18,19)15-2;/h5-7,9,15H,8,14H2,1-4H3;1H. The zero-order valence-corrected chi connectivity index (χ0v) is 14.6. The van der Waals surface area contributed by atoms with E-state index in [2.05, 4.69) is 4.72 Å². The average molecular weight is 352 g/mol. The number of carbonyl (C=O) groups excluding carboxylic acids is 1. The predicted octanol–water partition coefficient (Wildman–Crippen LogP) is 0.444. The van der Waals surface area contributed by atoms with E-state index in [1.807, 2.05) is 6.92 Å². The van der Waals surface area contributed by atoms with Crippen LogP contribution in [-0.4, -0.2) is 53.0 Å². The molecule has 0 aliphatic heterocycles. The zero-order valence-electron chi connectivity index (χ0n) is 13.0. The third-order valence-corrected chi connectivity index (χ3v) is 4.73. The van der Waals surface area contributed by atoms with Crippen LogP contribution in [0.25, 0.3) is 0 Å². The summed E-state index contributed by atoms with van der Waals surface area (Å²) < 4.78 is 31.2. The van der Waals surface area contributed by atoms with Gasteiger partial charge in [0.1, 0.15) is 10.6 Å². The van der Waals surface area contributed by atoms with Crippen molar-refractivity contribution >= 4 is 28.3 Å². The van der Waals surface area contributed by atoms with Gasteiger partial charge in [-0.25, -0.2) is 13.1 Å². The first-order valence-corrected chi connectivity index (χ1v) is 7.85.